The van der Waals surface area contributed by atoms with E-state index in [1.165, 1.54) is 0 Å². The zero-order valence-electron chi connectivity index (χ0n) is 16.6. The normalized spacial score (nSPS) is 15.4. The van der Waals surface area contributed by atoms with Crippen molar-refractivity contribution in [2.45, 2.75) is 18.7 Å². The monoisotopic (exact) mass is 408 g/mol. The molecule has 0 saturated carbocycles. The molecule has 2 heterocycles. The number of sulfonamides is 1. The fourth-order valence-corrected chi connectivity index (χ4v) is 5.32. The molecule has 0 unspecified atom stereocenters. The number of hydrogen-bond acceptors (Lipinski definition) is 5. The van der Waals surface area contributed by atoms with Crippen LogP contribution in [0.1, 0.15) is 11.1 Å². The Morgan fingerprint density at radius 3 is 2.17 bits per heavy atom. The van der Waals surface area contributed by atoms with Gasteiger partial charge in [0.15, 0.2) is 0 Å². The maximum absolute atomic E-state index is 13.0. The summed E-state index contributed by atoms with van der Waals surface area (Å²) in [6.07, 6.45) is 1.58. The first-order valence-corrected chi connectivity index (χ1v) is 11.1. The van der Waals surface area contributed by atoms with Crippen LogP contribution >= 0.6 is 0 Å². The molecule has 1 saturated heterocycles. The van der Waals surface area contributed by atoms with Crippen LogP contribution in [0.15, 0.2) is 65.8 Å². The van der Waals surface area contributed by atoms with Crippen LogP contribution in [0.2, 0.25) is 0 Å². The van der Waals surface area contributed by atoms with E-state index in [9.17, 15) is 8.42 Å². The number of aromatic nitrogens is 2. The second-order valence-electron chi connectivity index (χ2n) is 7.23. The van der Waals surface area contributed by atoms with Gasteiger partial charge in [-0.15, -0.1) is 0 Å². The average Bonchev–Trinajstić information content (AvgIpc) is 2.74. The predicted molar refractivity (Wildman–Crippen MR) is 114 cm³/mol. The van der Waals surface area contributed by atoms with E-state index < -0.39 is 10.0 Å². The lowest BCUT2D eigenvalue weighted by atomic mass is 10.1. The van der Waals surface area contributed by atoms with Crippen molar-refractivity contribution in [2.75, 3.05) is 31.1 Å². The number of rotatable bonds is 4. The Balaban J connectivity index is 1.51. The van der Waals surface area contributed by atoms with Gasteiger partial charge in [-0.3, -0.25) is 0 Å². The molecule has 7 heteroatoms. The van der Waals surface area contributed by atoms with Gasteiger partial charge in [-0.05, 0) is 31.0 Å². The van der Waals surface area contributed by atoms with Crippen LogP contribution in [0.3, 0.4) is 0 Å². The van der Waals surface area contributed by atoms with Crippen molar-refractivity contribution >= 4 is 15.8 Å². The minimum atomic E-state index is -3.48. The maximum atomic E-state index is 13.0. The number of nitrogens with zero attached hydrogens (tertiary/aromatic N) is 4. The Morgan fingerprint density at radius 1 is 0.828 bits per heavy atom. The lowest BCUT2D eigenvalue weighted by Crippen LogP contribution is -2.49. The summed E-state index contributed by atoms with van der Waals surface area (Å²) in [5.41, 5.74) is 3.89. The van der Waals surface area contributed by atoms with Gasteiger partial charge < -0.3 is 4.90 Å². The minimum Gasteiger partial charge on any atom is -0.354 e. The molecule has 0 amide bonds. The molecule has 3 aromatic rings. The molecule has 0 spiro atoms. The Hall–Kier alpha value is -2.77. The quantitative estimate of drug-likeness (QED) is 0.663. The van der Waals surface area contributed by atoms with Gasteiger partial charge in [-0.2, -0.15) is 4.31 Å². The lowest BCUT2D eigenvalue weighted by Gasteiger charge is -2.35. The zero-order chi connectivity index (χ0) is 20.4. The van der Waals surface area contributed by atoms with Crippen LogP contribution in [0.4, 0.5) is 5.82 Å². The van der Waals surface area contributed by atoms with Crippen molar-refractivity contribution in [3.05, 3.63) is 72.1 Å². The fraction of sp³-hybridized carbons (Fsp3) is 0.273. The third-order valence-corrected chi connectivity index (χ3v) is 7.41. The van der Waals surface area contributed by atoms with E-state index in [0.717, 1.165) is 28.2 Å². The summed E-state index contributed by atoms with van der Waals surface area (Å²) in [7, 11) is -3.48. The second-order valence-corrected chi connectivity index (χ2v) is 9.14. The molecular formula is C22H24N4O2S. The zero-order valence-corrected chi connectivity index (χ0v) is 17.4. The van der Waals surface area contributed by atoms with Gasteiger partial charge in [0.25, 0.3) is 0 Å². The van der Waals surface area contributed by atoms with E-state index in [-0.39, 0.29) is 0 Å². The van der Waals surface area contributed by atoms with Crippen LogP contribution in [0.5, 0.6) is 0 Å². The molecule has 0 N–H and O–H groups in total. The maximum Gasteiger partial charge on any atom is 0.243 e. The first-order valence-electron chi connectivity index (χ1n) is 9.65. The van der Waals surface area contributed by atoms with Crippen molar-refractivity contribution in [1.29, 1.82) is 0 Å². The first-order chi connectivity index (χ1) is 14.0. The summed E-state index contributed by atoms with van der Waals surface area (Å²) >= 11 is 0. The van der Waals surface area contributed by atoms with E-state index in [1.54, 1.807) is 22.8 Å². The number of piperazine rings is 1. The Morgan fingerprint density at radius 2 is 1.48 bits per heavy atom. The summed E-state index contributed by atoms with van der Waals surface area (Å²) in [5.74, 6) is 0.825. The highest BCUT2D eigenvalue weighted by atomic mass is 32.2. The average molecular weight is 409 g/mol. The second kappa shape index (κ2) is 7.93. The van der Waals surface area contributed by atoms with Crippen molar-refractivity contribution in [1.82, 2.24) is 14.3 Å². The third kappa shape index (κ3) is 3.88. The molecule has 4 rings (SSSR count). The largest absolute Gasteiger partial charge is 0.354 e. The lowest BCUT2D eigenvalue weighted by molar-refractivity contribution is 0.383. The molecule has 0 atom stereocenters. The summed E-state index contributed by atoms with van der Waals surface area (Å²) < 4.78 is 27.6. The third-order valence-electron chi connectivity index (χ3n) is 5.35. The smallest absolute Gasteiger partial charge is 0.243 e. The van der Waals surface area contributed by atoms with Crippen molar-refractivity contribution in [2.24, 2.45) is 0 Å². The highest BCUT2D eigenvalue weighted by molar-refractivity contribution is 7.89. The molecule has 0 bridgehead atoms. The Labute approximate surface area is 171 Å². The molecule has 1 fully saturated rings. The fourth-order valence-electron chi connectivity index (χ4n) is 3.67. The van der Waals surface area contributed by atoms with Crippen molar-refractivity contribution in [3.63, 3.8) is 0 Å². The number of aryl methyl sites for hydroxylation is 2. The Bertz CT molecular complexity index is 1120. The Kier molecular flexibility index (Phi) is 5.34. The van der Waals surface area contributed by atoms with E-state index in [0.29, 0.717) is 31.1 Å². The molecule has 150 valence electrons. The van der Waals surface area contributed by atoms with E-state index >= 15 is 0 Å². The molecule has 29 heavy (non-hydrogen) atoms. The minimum absolute atomic E-state index is 0.386. The van der Waals surface area contributed by atoms with Gasteiger partial charge in [0.05, 0.1) is 10.6 Å². The molecule has 6 nitrogen and oxygen atoms in total. The topological polar surface area (TPSA) is 66.4 Å². The van der Waals surface area contributed by atoms with Gasteiger partial charge in [0.2, 0.25) is 10.0 Å². The SMILES string of the molecule is Cc1ccccc1-c1cc(N2CCN(S(=O)(=O)c3ccccc3C)CC2)ncn1. The summed E-state index contributed by atoms with van der Waals surface area (Å²) in [5, 5.41) is 0. The summed E-state index contributed by atoms with van der Waals surface area (Å²) in [4.78, 5) is 11.4. The number of benzene rings is 2. The molecule has 0 radical (unpaired) electrons. The number of hydrogen-bond donors (Lipinski definition) is 0. The van der Waals surface area contributed by atoms with E-state index in [4.69, 9.17) is 0 Å². The molecule has 0 aliphatic carbocycles. The van der Waals surface area contributed by atoms with Crippen LogP contribution in [0, 0.1) is 13.8 Å². The van der Waals surface area contributed by atoms with Gasteiger partial charge in [0, 0.05) is 37.8 Å². The molecule has 1 aliphatic heterocycles. The van der Waals surface area contributed by atoms with Gasteiger partial charge >= 0.3 is 0 Å². The molecular weight excluding hydrogens is 384 g/mol. The van der Waals surface area contributed by atoms with Crippen LogP contribution in [-0.2, 0) is 10.0 Å². The predicted octanol–water partition coefficient (Wildman–Crippen LogP) is 3.27. The van der Waals surface area contributed by atoms with Crippen LogP contribution in [-0.4, -0.2) is 48.9 Å². The highest BCUT2D eigenvalue weighted by Crippen LogP contribution is 2.26. The van der Waals surface area contributed by atoms with Gasteiger partial charge in [-0.25, -0.2) is 18.4 Å². The van der Waals surface area contributed by atoms with Crippen LogP contribution < -0.4 is 4.90 Å². The van der Waals surface area contributed by atoms with Gasteiger partial charge in [0.1, 0.15) is 12.1 Å². The molecule has 1 aliphatic rings. The van der Waals surface area contributed by atoms with Crippen molar-refractivity contribution < 1.29 is 8.42 Å². The van der Waals surface area contributed by atoms with E-state index in [2.05, 4.69) is 27.9 Å². The van der Waals surface area contributed by atoms with E-state index in [1.807, 2.05) is 43.3 Å². The molecule has 1 aromatic heterocycles. The highest BCUT2D eigenvalue weighted by Gasteiger charge is 2.29. The number of anilines is 1. The summed E-state index contributed by atoms with van der Waals surface area (Å²) in [6.45, 7) is 5.94. The standard InChI is InChI=1S/C22H24N4O2S/c1-17-7-3-5-9-19(17)20-15-22(24-16-23-20)25-11-13-26(14-12-25)29(27,28)21-10-6-4-8-18(21)2/h3-10,15-16H,11-14H2,1-2H3. The molecule has 2 aromatic carbocycles. The first kappa shape index (κ1) is 19.5. The summed E-state index contributed by atoms with van der Waals surface area (Å²) in [6, 6.07) is 17.2. The van der Waals surface area contributed by atoms with Crippen LogP contribution in [0.25, 0.3) is 11.3 Å². The van der Waals surface area contributed by atoms with Gasteiger partial charge in [-0.1, -0.05) is 42.5 Å². The van der Waals surface area contributed by atoms with Crippen molar-refractivity contribution in [3.8, 4) is 11.3 Å².